The summed E-state index contributed by atoms with van der Waals surface area (Å²) in [5, 5.41) is 9.04. The molecular formula is C10H12N2O2. The number of aromatic nitrogens is 1. The Labute approximate surface area is 81.8 Å². The highest BCUT2D eigenvalue weighted by Gasteiger charge is 2.55. The Kier molecular flexibility index (Phi) is 2.00. The highest BCUT2D eigenvalue weighted by atomic mass is 16.4. The average Bonchev–Trinajstić information content (AvgIpc) is 2.99. The Balaban J connectivity index is 2.25. The van der Waals surface area contributed by atoms with Crippen LogP contribution < -0.4 is 5.73 Å². The lowest BCUT2D eigenvalue weighted by atomic mass is 9.91. The maximum absolute atomic E-state index is 11.0. The number of aliphatic carboxylic acids is 1. The fourth-order valence-corrected chi connectivity index (χ4v) is 1.68. The number of carboxylic acid groups (broad SMARTS) is 1. The Morgan fingerprint density at radius 3 is 2.50 bits per heavy atom. The minimum absolute atomic E-state index is 0.414. The van der Waals surface area contributed by atoms with E-state index in [9.17, 15) is 4.79 Å². The van der Waals surface area contributed by atoms with E-state index in [1.165, 1.54) is 0 Å². The monoisotopic (exact) mass is 192 g/mol. The number of pyridine rings is 1. The van der Waals surface area contributed by atoms with Crippen molar-refractivity contribution in [1.29, 1.82) is 0 Å². The summed E-state index contributed by atoms with van der Waals surface area (Å²) in [7, 11) is 0. The van der Waals surface area contributed by atoms with Crippen LogP contribution >= 0.6 is 0 Å². The van der Waals surface area contributed by atoms with Crippen LogP contribution in [0, 0.1) is 5.41 Å². The van der Waals surface area contributed by atoms with Crippen LogP contribution in [0.2, 0.25) is 0 Å². The lowest BCUT2D eigenvalue weighted by molar-refractivity contribution is -0.144. The van der Waals surface area contributed by atoms with Crippen LogP contribution in [-0.4, -0.2) is 16.1 Å². The first-order chi connectivity index (χ1) is 6.67. The molecule has 0 amide bonds. The van der Waals surface area contributed by atoms with Crippen molar-refractivity contribution in [3.63, 3.8) is 0 Å². The number of carbonyl (C=O) groups is 1. The molecule has 1 aliphatic carbocycles. The third-order valence-electron chi connectivity index (χ3n) is 2.88. The minimum Gasteiger partial charge on any atom is -0.481 e. The van der Waals surface area contributed by atoms with Crippen LogP contribution in [0.25, 0.3) is 0 Å². The summed E-state index contributed by atoms with van der Waals surface area (Å²) < 4.78 is 0. The van der Waals surface area contributed by atoms with E-state index in [1.54, 1.807) is 24.5 Å². The van der Waals surface area contributed by atoms with Gasteiger partial charge in [0.15, 0.2) is 0 Å². The molecule has 0 saturated heterocycles. The molecule has 0 aliphatic heterocycles. The summed E-state index contributed by atoms with van der Waals surface area (Å²) in [5.41, 5.74) is 6.05. The van der Waals surface area contributed by atoms with Gasteiger partial charge in [0.25, 0.3) is 0 Å². The number of rotatable bonds is 3. The van der Waals surface area contributed by atoms with Crippen molar-refractivity contribution in [2.45, 2.75) is 18.9 Å². The van der Waals surface area contributed by atoms with E-state index in [0.29, 0.717) is 12.8 Å². The largest absolute Gasteiger partial charge is 0.481 e. The number of carboxylic acids is 1. The summed E-state index contributed by atoms with van der Waals surface area (Å²) >= 11 is 0. The molecule has 1 saturated carbocycles. The van der Waals surface area contributed by atoms with E-state index in [2.05, 4.69) is 4.98 Å². The van der Waals surface area contributed by atoms with Gasteiger partial charge in [0.1, 0.15) is 0 Å². The van der Waals surface area contributed by atoms with E-state index in [4.69, 9.17) is 10.8 Å². The standard InChI is InChI=1S/C10H12N2O2/c11-8(7-1-5-12-6-2-7)10(3-4-10)9(13)14/h1-2,5-6,8H,3-4,11H2,(H,13,14). The molecule has 0 bridgehead atoms. The van der Waals surface area contributed by atoms with Crippen LogP contribution in [0.4, 0.5) is 0 Å². The van der Waals surface area contributed by atoms with Gasteiger partial charge in [0.2, 0.25) is 0 Å². The summed E-state index contributed by atoms with van der Waals surface area (Å²) in [4.78, 5) is 14.9. The van der Waals surface area contributed by atoms with Crippen molar-refractivity contribution in [3.05, 3.63) is 30.1 Å². The van der Waals surface area contributed by atoms with Gasteiger partial charge in [0, 0.05) is 18.4 Å². The molecule has 1 atom stereocenters. The Hall–Kier alpha value is -1.42. The van der Waals surface area contributed by atoms with Crippen LogP contribution in [0.1, 0.15) is 24.4 Å². The molecule has 1 heterocycles. The first-order valence-electron chi connectivity index (χ1n) is 4.56. The highest BCUT2D eigenvalue weighted by Crippen LogP contribution is 2.53. The molecule has 4 nitrogen and oxygen atoms in total. The van der Waals surface area contributed by atoms with Gasteiger partial charge in [-0.1, -0.05) is 0 Å². The molecule has 1 aromatic heterocycles. The highest BCUT2D eigenvalue weighted by molar-refractivity contribution is 5.79. The Morgan fingerprint density at radius 2 is 2.07 bits per heavy atom. The fraction of sp³-hybridized carbons (Fsp3) is 0.400. The number of nitrogens with two attached hydrogens (primary N) is 1. The normalized spacial score (nSPS) is 20.1. The van der Waals surface area contributed by atoms with E-state index in [0.717, 1.165) is 5.56 Å². The summed E-state index contributed by atoms with van der Waals surface area (Å²) in [6, 6.07) is 3.13. The number of hydrogen-bond donors (Lipinski definition) is 2. The molecule has 0 radical (unpaired) electrons. The van der Waals surface area contributed by atoms with Gasteiger partial charge in [-0.15, -0.1) is 0 Å². The van der Waals surface area contributed by atoms with E-state index in [-0.39, 0.29) is 0 Å². The molecule has 74 valence electrons. The van der Waals surface area contributed by atoms with E-state index in [1.807, 2.05) is 0 Å². The predicted molar refractivity (Wildman–Crippen MR) is 50.5 cm³/mol. The van der Waals surface area contributed by atoms with Gasteiger partial charge in [-0.25, -0.2) is 0 Å². The van der Waals surface area contributed by atoms with Gasteiger partial charge < -0.3 is 10.8 Å². The molecule has 0 aromatic carbocycles. The quantitative estimate of drug-likeness (QED) is 0.747. The van der Waals surface area contributed by atoms with Crippen molar-refractivity contribution < 1.29 is 9.90 Å². The first-order valence-corrected chi connectivity index (χ1v) is 4.56. The second kappa shape index (κ2) is 3.06. The average molecular weight is 192 g/mol. The molecule has 4 heteroatoms. The molecular weight excluding hydrogens is 180 g/mol. The topological polar surface area (TPSA) is 76.2 Å². The van der Waals surface area contributed by atoms with Gasteiger partial charge in [0.05, 0.1) is 5.41 Å². The molecule has 1 aromatic rings. The summed E-state index contributed by atoms with van der Waals surface area (Å²) in [6.07, 6.45) is 4.61. The summed E-state index contributed by atoms with van der Waals surface area (Å²) in [5.74, 6) is -0.790. The van der Waals surface area contributed by atoms with Gasteiger partial charge in [-0.2, -0.15) is 0 Å². The van der Waals surface area contributed by atoms with Gasteiger partial charge >= 0.3 is 5.97 Å². The lowest BCUT2D eigenvalue weighted by Gasteiger charge is -2.18. The smallest absolute Gasteiger partial charge is 0.311 e. The van der Waals surface area contributed by atoms with Crippen LogP contribution in [0.3, 0.4) is 0 Å². The zero-order chi connectivity index (χ0) is 10.2. The van der Waals surface area contributed by atoms with Crippen LogP contribution in [-0.2, 0) is 4.79 Å². The summed E-state index contributed by atoms with van der Waals surface area (Å²) in [6.45, 7) is 0. The molecule has 14 heavy (non-hydrogen) atoms. The Bertz CT molecular complexity index is 346. The van der Waals surface area contributed by atoms with Crippen molar-refractivity contribution >= 4 is 5.97 Å². The zero-order valence-corrected chi connectivity index (χ0v) is 7.68. The number of nitrogens with zero attached hydrogens (tertiary/aromatic N) is 1. The second-order valence-corrected chi connectivity index (χ2v) is 3.72. The zero-order valence-electron chi connectivity index (χ0n) is 7.68. The lowest BCUT2D eigenvalue weighted by Crippen LogP contribution is -2.29. The second-order valence-electron chi connectivity index (χ2n) is 3.72. The maximum Gasteiger partial charge on any atom is 0.311 e. The molecule has 1 unspecified atom stereocenters. The van der Waals surface area contributed by atoms with Crippen molar-refractivity contribution in [3.8, 4) is 0 Å². The minimum atomic E-state index is -0.790. The molecule has 0 spiro atoms. The van der Waals surface area contributed by atoms with Crippen molar-refractivity contribution in [2.75, 3.05) is 0 Å². The Morgan fingerprint density at radius 1 is 1.50 bits per heavy atom. The van der Waals surface area contributed by atoms with Crippen LogP contribution in [0.5, 0.6) is 0 Å². The molecule has 1 aliphatic rings. The van der Waals surface area contributed by atoms with E-state index < -0.39 is 17.4 Å². The SMILES string of the molecule is NC(c1ccncc1)C1(C(=O)O)CC1. The van der Waals surface area contributed by atoms with Gasteiger partial charge in [-0.05, 0) is 30.5 Å². The molecule has 3 N–H and O–H groups in total. The number of hydrogen-bond acceptors (Lipinski definition) is 3. The van der Waals surface area contributed by atoms with E-state index >= 15 is 0 Å². The maximum atomic E-state index is 11.0. The van der Waals surface area contributed by atoms with Gasteiger partial charge in [-0.3, -0.25) is 9.78 Å². The molecule has 1 fully saturated rings. The third-order valence-corrected chi connectivity index (χ3v) is 2.88. The molecule has 2 rings (SSSR count). The first kappa shape index (κ1) is 9.15. The van der Waals surface area contributed by atoms with Crippen molar-refractivity contribution in [2.24, 2.45) is 11.1 Å². The third kappa shape index (κ3) is 1.28. The van der Waals surface area contributed by atoms with Crippen LogP contribution in [0.15, 0.2) is 24.5 Å². The fourth-order valence-electron chi connectivity index (χ4n) is 1.68. The van der Waals surface area contributed by atoms with Crippen molar-refractivity contribution in [1.82, 2.24) is 4.98 Å². The predicted octanol–water partition coefficient (Wildman–Crippen LogP) is 0.946.